The van der Waals surface area contributed by atoms with Crippen LogP contribution in [-0.2, 0) is 27.4 Å². The zero-order valence-corrected chi connectivity index (χ0v) is 38.3. The van der Waals surface area contributed by atoms with Crippen LogP contribution in [0.15, 0.2) is 96.2 Å². The van der Waals surface area contributed by atoms with Crippen molar-refractivity contribution in [1.82, 2.24) is 10.2 Å². The first-order valence-electron chi connectivity index (χ1n) is 22.6. The number of allylic oxidation sites excluding steroid dienone is 1. The Morgan fingerprint density at radius 1 is 0.969 bits per heavy atom. The molecular weight excluding hydrogens is 854 g/mol. The number of aliphatic hydroxyl groups is 2. The number of alkyl halides is 1. The van der Waals surface area contributed by atoms with E-state index >= 15 is 0 Å². The molecule has 350 valence electrons. The van der Waals surface area contributed by atoms with Gasteiger partial charge in [-0.15, -0.1) is 18.2 Å². The van der Waals surface area contributed by atoms with E-state index < -0.39 is 35.5 Å². The average molecular weight is 917 g/mol. The second-order valence-electron chi connectivity index (χ2n) is 17.8. The number of unbranched alkanes of at least 4 members (excludes halogenated alkanes) is 2. The van der Waals surface area contributed by atoms with Crippen molar-refractivity contribution >= 4 is 29.5 Å². The summed E-state index contributed by atoms with van der Waals surface area (Å²) in [5.74, 6) is -0.507. The Bertz CT molecular complexity index is 2180. The molecule has 2 heterocycles. The maximum absolute atomic E-state index is 14.6. The van der Waals surface area contributed by atoms with Crippen LogP contribution in [0.2, 0.25) is 0 Å². The largest absolute Gasteiger partial charge is 0.459 e. The predicted octanol–water partition coefficient (Wildman–Crippen LogP) is 9.01. The SMILES string of the molecule is C=CCOC12Oc3ccc(OC(=O)NCc4ccccc4)cc3C3C(CCCCO)C(CCCCO)C=C(C(=NOC(C)(C)C)CC1N(Cc1ccc4c(c1)OCO4)C(=O)OCCCl)C32. The molecule has 15 heteroatoms. The number of rotatable bonds is 20. The van der Waals surface area contributed by atoms with Gasteiger partial charge < -0.3 is 48.8 Å². The van der Waals surface area contributed by atoms with Crippen molar-refractivity contribution in [2.75, 3.05) is 39.1 Å². The highest BCUT2D eigenvalue weighted by molar-refractivity contribution is 6.18. The van der Waals surface area contributed by atoms with Gasteiger partial charge >= 0.3 is 12.2 Å². The molecule has 0 aromatic heterocycles. The van der Waals surface area contributed by atoms with E-state index in [1.165, 1.54) is 0 Å². The first-order chi connectivity index (χ1) is 31.5. The van der Waals surface area contributed by atoms with Gasteiger partial charge in [0.2, 0.25) is 12.6 Å². The van der Waals surface area contributed by atoms with Gasteiger partial charge in [-0.25, -0.2) is 9.59 Å². The van der Waals surface area contributed by atoms with Crippen molar-refractivity contribution in [2.45, 2.75) is 102 Å². The molecule has 4 aliphatic rings. The molecule has 0 spiro atoms. The van der Waals surface area contributed by atoms with Gasteiger partial charge in [0.1, 0.15) is 29.7 Å². The fourth-order valence-electron chi connectivity index (χ4n) is 9.56. The molecule has 65 heavy (non-hydrogen) atoms. The molecule has 1 saturated carbocycles. The molecule has 2 aliphatic carbocycles. The number of ether oxygens (including phenoxy) is 6. The third-order valence-electron chi connectivity index (χ3n) is 12.3. The zero-order chi connectivity index (χ0) is 46.0. The van der Waals surface area contributed by atoms with Crippen molar-refractivity contribution in [3.63, 3.8) is 0 Å². The molecule has 2 amide bonds. The minimum atomic E-state index is -1.56. The van der Waals surface area contributed by atoms with E-state index in [-0.39, 0.29) is 76.4 Å². The van der Waals surface area contributed by atoms with Gasteiger partial charge in [0, 0.05) is 44.2 Å². The Kier molecular flexibility index (Phi) is 16.0. The lowest BCUT2D eigenvalue weighted by Gasteiger charge is -2.60. The predicted molar refractivity (Wildman–Crippen MR) is 245 cm³/mol. The maximum atomic E-state index is 14.6. The second-order valence-corrected chi connectivity index (χ2v) is 18.2. The quantitative estimate of drug-likeness (QED) is 0.0429. The van der Waals surface area contributed by atoms with Gasteiger partial charge in [0.05, 0.1) is 24.1 Å². The number of hydrogen-bond acceptors (Lipinski definition) is 12. The van der Waals surface area contributed by atoms with Crippen LogP contribution in [0, 0.1) is 17.8 Å². The highest BCUT2D eigenvalue weighted by atomic mass is 35.5. The van der Waals surface area contributed by atoms with E-state index in [2.05, 4.69) is 18.0 Å². The summed E-state index contributed by atoms with van der Waals surface area (Å²) in [6.45, 7) is 10.4. The van der Waals surface area contributed by atoms with Crippen molar-refractivity contribution in [1.29, 1.82) is 0 Å². The van der Waals surface area contributed by atoms with Gasteiger partial charge in [0.25, 0.3) is 0 Å². The number of aliphatic hydroxyl groups excluding tert-OH is 2. The van der Waals surface area contributed by atoms with Crippen LogP contribution in [0.25, 0.3) is 0 Å². The normalized spacial score (nSPS) is 23.3. The lowest BCUT2D eigenvalue weighted by Crippen LogP contribution is -2.70. The molecule has 0 radical (unpaired) electrons. The molecule has 6 unspecified atom stereocenters. The minimum Gasteiger partial charge on any atom is -0.459 e. The summed E-state index contributed by atoms with van der Waals surface area (Å²) in [6, 6.07) is 19.6. The lowest BCUT2D eigenvalue weighted by molar-refractivity contribution is -0.256. The molecule has 1 fully saturated rings. The monoisotopic (exact) mass is 915 g/mol. The smallest absolute Gasteiger partial charge is 0.412 e. The Labute approximate surface area is 386 Å². The standard InChI is InChI=1S/C50H62ClN3O11/c1-5-24-62-50-44(54(48(58)59-25-21-51)31-34-17-19-42-43(26-34)61-32-60-42)29-40(53-65-49(2,3)4)38-27-35(15-9-11-22-55)37(16-10-12-23-56)45(46(38)50)39-28-36(18-20-41(39)64-50)63-47(57)52-30-33-13-7-6-8-14-33/h5-8,13-14,17-20,26-28,35,37,44-46,55-56H,1,9-12,15-16,21-25,29-32H2,2-4H3,(H,52,57). The van der Waals surface area contributed by atoms with Crippen molar-refractivity contribution in [3.8, 4) is 23.0 Å². The number of nitrogens with zero attached hydrogens (tertiary/aromatic N) is 2. The molecule has 0 saturated heterocycles. The third kappa shape index (κ3) is 11.2. The summed E-state index contributed by atoms with van der Waals surface area (Å²) < 4.78 is 37.6. The van der Waals surface area contributed by atoms with Gasteiger partial charge in [-0.05, 0) is 105 Å². The lowest BCUT2D eigenvalue weighted by atomic mass is 9.55. The molecular formula is C50H62ClN3O11. The van der Waals surface area contributed by atoms with Gasteiger partial charge in [-0.3, -0.25) is 4.90 Å². The van der Waals surface area contributed by atoms with Crippen LogP contribution in [0.3, 0.4) is 0 Å². The van der Waals surface area contributed by atoms with E-state index in [9.17, 15) is 19.8 Å². The van der Waals surface area contributed by atoms with Gasteiger partial charge in [-0.1, -0.05) is 66.5 Å². The second kappa shape index (κ2) is 21.8. The minimum absolute atomic E-state index is 0.00639. The molecule has 0 bridgehead atoms. The van der Waals surface area contributed by atoms with Crippen LogP contribution >= 0.6 is 11.6 Å². The fraction of sp³-hybridized carbons (Fsp3) is 0.500. The molecule has 3 N–H and O–H groups in total. The van der Waals surface area contributed by atoms with E-state index in [1.54, 1.807) is 23.1 Å². The number of oxime groups is 1. The number of fused-ring (bicyclic) bond motifs is 3. The topological polar surface area (TPSA) is 167 Å². The van der Waals surface area contributed by atoms with E-state index in [4.69, 9.17) is 50.0 Å². The molecule has 7 rings (SSSR count). The van der Waals surface area contributed by atoms with Crippen LogP contribution < -0.4 is 24.3 Å². The summed E-state index contributed by atoms with van der Waals surface area (Å²) in [4.78, 5) is 35.8. The summed E-state index contributed by atoms with van der Waals surface area (Å²) in [6.07, 6.45) is 7.08. The molecule has 6 atom stereocenters. The van der Waals surface area contributed by atoms with E-state index in [0.717, 1.165) is 47.9 Å². The highest BCUT2D eigenvalue weighted by Crippen LogP contribution is 2.62. The molecule has 14 nitrogen and oxygen atoms in total. The van der Waals surface area contributed by atoms with E-state index in [0.29, 0.717) is 41.6 Å². The Hall–Kier alpha value is -5.28. The van der Waals surface area contributed by atoms with Gasteiger partial charge in [-0.2, -0.15) is 0 Å². The first kappa shape index (κ1) is 47.7. The number of amides is 2. The zero-order valence-electron chi connectivity index (χ0n) is 37.5. The maximum Gasteiger partial charge on any atom is 0.412 e. The summed E-state index contributed by atoms with van der Waals surface area (Å²) in [7, 11) is 0. The number of hydrogen-bond donors (Lipinski definition) is 3. The Balaban J connectivity index is 1.41. The third-order valence-corrected chi connectivity index (χ3v) is 12.4. The number of carbonyl (C=O) groups is 2. The van der Waals surface area contributed by atoms with Crippen molar-refractivity contribution in [2.24, 2.45) is 22.9 Å². The van der Waals surface area contributed by atoms with Crippen LogP contribution in [0.4, 0.5) is 9.59 Å². The Morgan fingerprint density at radius 3 is 2.46 bits per heavy atom. The fourth-order valence-corrected chi connectivity index (χ4v) is 9.64. The summed E-state index contributed by atoms with van der Waals surface area (Å²) in [5, 5.41) is 27.7. The van der Waals surface area contributed by atoms with Crippen molar-refractivity contribution in [3.05, 3.63) is 108 Å². The number of halogens is 1. The molecule has 3 aromatic carbocycles. The molecule has 2 aliphatic heterocycles. The summed E-state index contributed by atoms with van der Waals surface area (Å²) in [5.41, 5.74) is 3.30. The van der Waals surface area contributed by atoms with Crippen LogP contribution in [-0.4, -0.2) is 89.5 Å². The summed E-state index contributed by atoms with van der Waals surface area (Å²) >= 11 is 6.12. The van der Waals surface area contributed by atoms with Crippen LogP contribution in [0.5, 0.6) is 23.0 Å². The first-order valence-corrected chi connectivity index (χ1v) is 23.2. The number of benzene rings is 3. The van der Waals surface area contributed by atoms with Crippen LogP contribution in [0.1, 0.15) is 88.3 Å². The average Bonchev–Trinajstić information content (AvgIpc) is 3.77. The number of carbonyl (C=O) groups excluding carboxylic acids is 2. The van der Waals surface area contributed by atoms with E-state index in [1.807, 2.05) is 75.4 Å². The molecule has 3 aromatic rings. The number of nitrogens with one attached hydrogen (secondary N) is 1. The Morgan fingerprint density at radius 2 is 1.72 bits per heavy atom. The van der Waals surface area contributed by atoms with Gasteiger partial charge in [0.15, 0.2) is 11.5 Å². The van der Waals surface area contributed by atoms with Crippen molar-refractivity contribution < 1.29 is 53.1 Å². The highest BCUT2D eigenvalue weighted by Gasteiger charge is 2.66.